The summed E-state index contributed by atoms with van der Waals surface area (Å²) in [4.78, 5) is 39.0. The van der Waals surface area contributed by atoms with Crippen molar-refractivity contribution in [1.82, 2.24) is 0 Å². The largest absolute Gasteiger partial charge is 0.465 e. The quantitative estimate of drug-likeness (QED) is 0.514. The maximum absolute atomic E-state index is 12.8. The number of imide groups is 1. The van der Waals surface area contributed by atoms with Gasteiger partial charge in [0.25, 0.3) is 0 Å². The van der Waals surface area contributed by atoms with Crippen molar-refractivity contribution >= 4 is 40.9 Å². The van der Waals surface area contributed by atoms with Gasteiger partial charge in [-0.05, 0) is 24.3 Å². The summed E-state index contributed by atoms with van der Waals surface area (Å²) in [6.07, 6.45) is 0.0489. The number of benzene rings is 2. The van der Waals surface area contributed by atoms with Crippen LogP contribution in [0.3, 0.4) is 0 Å². The lowest BCUT2D eigenvalue weighted by Gasteiger charge is -2.18. The summed E-state index contributed by atoms with van der Waals surface area (Å²) in [5, 5.41) is -0.581. The smallest absolute Gasteiger partial charge is 0.339 e. The van der Waals surface area contributed by atoms with E-state index in [1.165, 1.54) is 24.9 Å². The second-order valence-corrected chi connectivity index (χ2v) is 6.67. The van der Waals surface area contributed by atoms with Gasteiger partial charge in [-0.3, -0.25) is 9.59 Å². The van der Waals surface area contributed by atoms with E-state index in [0.29, 0.717) is 5.69 Å². The number of carbonyl (C=O) groups is 3. The highest BCUT2D eigenvalue weighted by atomic mass is 32.2. The molecule has 6 nitrogen and oxygen atoms in total. The van der Waals surface area contributed by atoms with Crippen LogP contribution in [0.5, 0.6) is 0 Å². The van der Waals surface area contributed by atoms with Gasteiger partial charge in [0.15, 0.2) is 0 Å². The molecule has 1 fully saturated rings. The highest BCUT2D eigenvalue weighted by Crippen LogP contribution is 2.37. The SMILES string of the molecule is COC(=O)c1ccccc1N1C(=O)C[C@@H](Sc2ccccc2N)C1=O. The zero-order valence-electron chi connectivity index (χ0n) is 13.5. The first-order valence-corrected chi connectivity index (χ1v) is 8.46. The van der Waals surface area contributed by atoms with Gasteiger partial charge < -0.3 is 10.5 Å². The number of nitrogens with zero attached hydrogens (tertiary/aromatic N) is 1. The Morgan fingerprint density at radius 2 is 1.84 bits per heavy atom. The third kappa shape index (κ3) is 3.23. The predicted molar refractivity (Wildman–Crippen MR) is 95.4 cm³/mol. The lowest BCUT2D eigenvalue weighted by atomic mass is 10.1. The monoisotopic (exact) mass is 356 g/mol. The van der Waals surface area contributed by atoms with E-state index in [2.05, 4.69) is 0 Å². The number of amides is 2. The van der Waals surface area contributed by atoms with Gasteiger partial charge in [-0.15, -0.1) is 11.8 Å². The molecule has 1 saturated heterocycles. The molecule has 2 aromatic carbocycles. The van der Waals surface area contributed by atoms with Crippen LogP contribution in [0, 0.1) is 0 Å². The highest BCUT2D eigenvalue weighted by molar-refractivity contribution is 8.00. The summed E-state index contributed by atoms with van der Waals surface area (Å²) in [5.74, 6) is -1.32. The van der Waals surface area contributed by atoms with Crippen molar-refractivity contribution in [2.45, 2.75) is 16.6 Å². The second kappa shape index (κ2) is 6.98. The molecule has 1 aliphatic rings. The Balaban J connectivity index is 1.90. The van der Waals surface area contributed by atoms with Crippen LogP contribution in [0.1, 0.15) is 16.8 Å². The van der Waals surface area contributed by atoms with E-state index in [-0.39, 0.29) is 29.5 Å². The van der Waals surface area contributed by atoms with E-state index in [0.717, 1.165) is 9.80 Å². The summed E-state index contributed by atoms with van der Waals surface area (Å²) >= 11 is 1.25. The summed E-state index contributed by atoms with van der Waals surface area (Å²) in [6, 6.07) is 13.6. The topological polar surface area (TPSA) is 89.7 Å². The summed E-state index contributed by atoms with van der Waals surface area (Å²) in [7, 11) is 1.25. The molecule has 0 aliphatic carbocycles. The van der Waals surface area contributed by atoms with Crippen LogP contribution in [0.15, 0.2) is 53.4 Å². The Bertz CT molecular complexity index is 852. The average Bonchev–Trinajstić information content (AvgIpc) is 2.90. The van der Waals surface area contributed by atoms with Crippen molar-refractivity contribution in [3.8, 4) is 0 Å². The fourth-order valence-electron chi connectivity index (χ4n) is 2.64. The third-order valence-corrected chi connectivity index (χ3v) is 5.12. The van der Waals surface area contributed by atoms with Crippen LogP contribution in [0.2, 0.25) is 0 Å². The molecule has 0 spiro atoms. The number of anilines is 2. The minimum Gasteiger partial charge on any atom is -0.465 e. The number of thioether (sulfide) groups is 1. The van der Waals surface area contributed by atoms with Crippen molar-refractivity contribution in [1.29, 1.82) is 0 Å². The number of rotatable bonds is 4. The molecule has 0 saturated carbocycles. The highest BCUT2D eigenvalue weighted by Gasteiger charge is 2.41. The molecular formula is C18H16N2O4S. The molecule has 2 aromatic rings. The van der Waals surface area contributed by atoms with Gasteiger partial charge >= 0.3 is 5.97 Å². The Kier molecular flexibility index (Phi) is 4.76. The van der Waals surface area contributed by atoms with Crippen LogP contribution in [0.25, 0.3) is 0 Å². The summed E-state index contributed by atoms with van der Waals surface area (Å²) in [6.45, 7) is 0. The Hall–Kier alpha value is -2.80. The third-order valence-electron chi connectivity index (χ3n) is 3.84. The van der Waals surface area contributed by atoms with Crippen LogP contribution in [-0.4, -0.2) is 30.1 Å². The summed E-state index contributed by atoms with van der Waals surface area (Å²) < 4.78 is 4.74. The van der Waals surface area contributed by atoms with Gasteiger partial charge in [-0.2, -0.15) is 0 Å². The Labute approximate surface area is 148 Å². The molecular weight excluding hydrogens is 340 g/mol. The standard InChI is InChI=1S/C18H16N2O4S/c1-24-18(23)11-6-2-4-8-13(11)20-16(21)10-15(17(20)22)25-14-9-5-3-7-12(14)19/h2-9,15H,10,19H2,1H3/t15-/m1/s1. The molecule has 0 bridgehead atoms. The molecule has 2 N–H and O–H groups in total. The first kappa shape index (κ1) is 17.0. The van der Waals surface area contributed by atoms with Crippen LogP contribution in [-0.2, 0) is 14.3 Å². The zero-order valence-corrected chi connectivity index (χ0v) is 14.3. The van der Waals surface area contributed by atoms with Gasteiger partial charge in [0.05, 0.1) is 23.6 Å². The number of methoxy groups -OCH3 is 1. The van der Waals surface area contributed by atoms with Crippen molar-refractivity contribution in [3.63, 3.8) is 0 Å². The number of hydrogen-bond donors (Lipinski definition) is 1. The minimum absolute atomic E-state index is 0.0489. The van der Waals surface area contributed by atoms with E-state index < -0.39 is 11.2 Å². The van der Waals surface area contributed by atoms with Crippen LogP contribution >= 0.6 is 11.8 Å². The van der Waals surface area contributed by atoms with Gasteiger partial charge in [-0.25, -0.2) is 9.69 Å². The zero-order chi connectivity index (χ0) is 18.0. The number of ether oxygens (including phenoxy) is 1. The molecule has 1 heterocycles. The molecule has 0 aromatic heterocycles. The molecule has 25 heavy (non-hydrogen) atoms. The lowest BCUT2D eigenvalue weighted by molar-refractivity contribution is -0.121. The van der Waals surface area contributed by atoms with E-state index in [4.69, 9.17) is 10.5 Å². The van der Waals surface area contributed by atoms with E-state index in [1.54, 1.807) is 30.3 Å². The van der Waals surface area contributed by atoms with Gasteiger partial charge in [0, 0.05) is 17.0 Å². The maximum Gasteiger partial charge on any atom is 0.339 e. The van der Waals surface area contributed by atoms with Crippen molar-refractivity contribution < 1.29 is 19.1 Å². The Morgan fingerprint density at radius 3 is 2.56 bits per heavy atom. The van der Waals surface area contributed by atoms with Crippen LogP contribution < -0.4 is 10.6 Å². The molecule has 2 amide bonds. The molecule has 0 unspecified atom stereocenters. The first-order chi connectivity index (χ1) is 12.0. The number of nitrogens with two attached hydrogens (primary N) is 1. The molecule has 1 aliphatic heterocycles. The fraction of sp³-hybridized carbons (Fsp3) is 0.167. The number of carbonyl (C=O) groups excluding carboxylic acids is 3. The molecule has 7 heteroatoms. The normalized spacial score (nSPS) is 17.0. The minimum atomic E-state index is -0.598. The lowest BCUT2D eigenvalue weighted by Crippen LogP contribution is -2.32. The number of hydrogen-bond acceptors (Lipinski definition) is 6. The molecule has 1 atom stereocenters. The van der Waals surface area contributed by atoms with Crippen molar-refractivity contribution in [3.05, 3.63) is 54.1 Å². The van der Waals surface area contributed by atoms with Crippen molar-refractivity contribution in [2.24, 2.45) is 0 Å². The number of esters is 1. The predicted octanol–water partition coefficient (Wildman–Crippen LogP) is 2.48. The van der Waals surface area contributed by atoms with Crippen LogP contribution in [0.4, 0.5) is 11.4 Å². The first-order valence-electron chi connectivity index (χ1n) is 7.58. The van der Waals surface area contributed by atoms with Crippen molar-refractivity contribution in [2.75, 3.05) is 17.7 Å². The average molecular weight is 356 g/mol. The van der Waals surface area contributed by atoms with E-state index in [1.807, 2.05) is 12.1 Å². The molecule has 128 valence electrons. The van der Waals surface area contributed by atoms with E-state index in [9.17, 15) is 14.4 Å². The van der Waals surface area contributed by atoms with Gasteiger partial charge in [-0.1, -0.05) is 24.3 Å². The second-order valence-electron chi connectivity index (χ2n) is 5.42. The molecule has 0 radical (unpaired) electrons. The fourth-order valence-corrected chi connectivity index (χ4v) is 3.74. The van der Waals surface area contributed by atoms with Gasteiger partial charge in [0.1, 0.15) is 0 Å². The van der Waals surface area contributed by atoms with E-state index >= 15 is 0 Å². The maximum atomic E-state index is 12.8. The number of nitrogen functional groups attached to an aromatic ring is 1. The molecule has 3 rings (SSSR count). The summed E-state index contributed by atoms with van der Waals surface area (Å²) in [5.41, 5.74) is 6.89. The number of para-hydroxylation sites is 2. The van der Waals surface area contributed by atoms with Gasteiger partial charge in [0.2, 0.25) is 11.8 Å². The Morgan fingerprint density at radius 1 is 1.16 bits per heavy atom.